The maximum atomic E-state index is 11.7. The summed E-state index contributed by atoms with van der Waals surface area (Å²) in [6, 6.07) is 9.96. The Morgan fingerprint density at radius 1 is 1.30 bits per heavy atom. The van der Waals surface area contributed by atoms with E-state index in [9.17, 15) is 9.59 Å². The predicted octanol–water partition coefficient (Wildman–Crippen LogP) is 3.41. The molecule has 3 heteroatoms. The van der Waals surface area contributed by atoms with Crippen molar-refractivity contribution in [3.8, 4) is 0 Å². The van der Waals surface area contributed by atoms with Crippen molar-refractivity contribution in [1.82, 2.24) is 0 Å². The van der Waals surface area contributed by atoms with E-state index in [1.54, 1.807) is 6.92 Å². The van der Waals surface area contributed by atoms with Crippen LogP contribution < -0.4 is 0 Å². The largest absolute Gasteiger partial charge is 0.377 e. The predicted molar refractivity (Wildman–Crippen MR) is 79.3 cm³/mol. The molecule has 0 aliphatic carbocycles. The molecular formula is C17H24O3. The summed E-state index contributed by atoms with van der Waals surface area (Å²) in [5.74, 6) is 0.153. The molecular weight excluding hydrogens is 252 g/mol. The van der Waals surface area contributed by atoms with Crippen LogP contribution in [-0.2, 0) is 20.9 Å². The van der Waals surface area contributed by atoms with Crippen molar-refractivity contribution < 1.29 is 14.3 Å². The van der Waals surface area contributed by atoms with Gasteiger partial charge in [0.2, 0.25) is 0 Å². The first-order chi connectivity index (χ1) is 9.48. The third-order valence-corrected chi connectivity index (χ3v) is 4.03. The number of carbonyl (C=O) groups excluding carboxylic acids is 2. The van der Waals surface area contributed by atoms with E-state index in [-0.39, 0.29) is 11.7 Å². The molecule has 0 saturated heterocycles. The molecule has 1 atom stereocenters. The van der Waals surface area contributed by atoms with Gasteiger partial charge in [-0.1, -0.05) is 44.2 Å². The molecule has 110 valence electrons. The molecule has 20 heavy (non-hydrogen) atoms. The molecule has 0 aliphatic rings. The smallest absolute Gasteiger partial charge is 0.135 e. The Kier molecular flexibility index (Phi) is 6.59. The summed E-state index contributed by atoms with van der Waals surface area (Å²) >= 11 is 0. The van der Waals surface area contributed by atoms with Gasteiger partial charge in [-0.15, -0.1) is 0 Å². The number of aldehydes is 1. The first-order valence-corrected chi connectivity index (χ1v) is 7.04. The summed E-state index contributed by atoms with van der Waals surface area (Å²) < 4.78 is 5.64. The average Bonchev–Trinajstić information content (AvgIpc) is 2.43. The van der Waals surface area contributed by atoms with Gasteiger partial charge in [0.05, 0.1) is 6.61 Å². The second-order valence-electron chi connectivity index (χ2n) is 5.70. The molecule has 0 spiro atoms. The summed E-state index contributed by atoms with van der Waals surface area (Å²) in [4.78, 5) is 22.5. The third kappa shape index (κ3) is 4.89. The molecule has 0 saturated carbocycles. The van der Waals surface area contributed by atoms with Gasteiger partial charge in [0, 0.05) is 18.4 Å². The molecule has 0 aromatic heterocycles. The minimum Gasteiger partial charge on any atom is -0.377 e. The number of Topliss-reactive ketones (excluding diaryl/α,β-unsaturated/α-hetero) is 1. The van der Waals surface area contributed by atoms with E-state index in [1.165, 1.54) is 0 Å². The maximum absolute atomic E-state index is 11.7. The van der Waals surface area contributed by atoms with Gasteiger partial charge in [0.1, 0.15) is 12.1 Å². The zero-order chi connectivity index (χ0) is 15.0. The maximum Gasteiger partial charge on any atom is 0.135 e. The van der Waals surface area contributed by atoms with Crippen LogP contribution in [0, 0.1) is 11.3 Å². The lowest BCUT2D eigenvalue weighted by molar-refractivity contribution is -0.128. The Labute approximate surface area is 121 Å². The van der Waals surface area contributed by atoms with Gasteiger partial charge in [-0.2, -0.15) is 0 Å². The van der Waals surface area contributed by atoms with E-state index in [0.29, 0.717) is 19.6 Å². The van der Waals surface area contributed by atoms with Crippen molar-refractivity contribution in [2.24, 2.45) is 11.3 Å². The topological polar surface area (TPSA) is 43.4 Å². The van der Waals surface area contributed by atoms with Crippen LogP contribution in [0.5, 0.6) is 0 Å². The van der Waals surface area contributed by atoms with Gasteiger partial charge in [-0.25, -0.2) is 0 Å². The Hall–Kier alpha value is -1.48. The minimum absolute atomic E-state index is 0.0354. The molecule has 0 N–H and O–H groups in total. The van der Waals surface area contributed by atoms with E-state index in [2.05, 4.69) is 0 Å². The fourth-order valence-corrected chi connectivity index (χ4v) is 2.17. The van der Waals surface area contributed by atoms with Gasteiger partial charge in [-0.05, 0) is 24.8 Å². The van der Waals surface area contributed by atoms with Crippen molar-refractivity contribution in [2.45, 2.75) is 40.2 Å². The molecule has 0 aliphatic heterocycles. The molecule has 1 rings (SSSR count). The molecule has 0 fully saturated rings. The monoisotopic (exact) mass is 276 g/mol. The first kappa shape index (κ1) is 16.6. The lowest BCUT2D eigenvalue weighted by atomic mass is 9.73. The highest BCUT2D eigenvalue weighted by molar-refractivity contribution is 5.82. The molecule has 1 aromatic carbocycles. The highest BCUT2D eigenvalue weighted by Crippen LogP contribution is 2.32. The Morgan fingerprint density at radius 3 is 2.50 bits per heavy atom. The molecule has 0 amide bonds. The summed E-state index contributed by atoms with van der Waals surface area (Å²) in [7, 11) is 0. The van der Waals surface area contributed by atoms with Crippen LogP contribution >= 0.6 is 0 Å². The Bertz CT molecular complexity index is 423. The number of ether oxygens (including phenoxy) is 1. The van der Waals surface area contributed by atoms with E-state index in [1.807, 2.05) is 44.2 Å². The molecule has 0 heterocycles. The summed E-state index contributed by atoms with van der Waals surface area (Å²) in [5, 5.41) is 0. The standard InChI is InChI=1S/C17H24O3/c1-14(19)17(2,3)16(9-11-18)10-12-20-13-15-7-5-4-6-8-15/h4-8,11,16H,9-10,12-13H2,1-3H3. The molecule has 0 radical (unpaired) electrons. The third-order valence-electron chi connectivity index (χ3n) is 4.03. The van der Waals surface area contributed by atoms with Crippen molar-refractivity contribution in [3.05, 3.63) is 35.9 Å². The summed E-state index contributed by atoms with van der Waals surface area (Å²) in [6.07, 6.45) is 2.02. The number of hydrogen-bond acceptors (Lipinski definition) is 3. The number of ketones is 1. The van der Waals surface area contributed by atoms with Gasteiger partial charge < -0.3 is 9.53 Å². The van der Waals surface area contributed by atoms with Crippen LogP contribution in [0.3, 0.4) is 0 Å². The summed E-state index contributed by atoms with van der Waals surface area (Å²) in [5.41, 5.74) is 0.655. The zero-order valence-corrected chi connectivity index (χ0v) is 12.6. The van der Waals surface area contributed by atoms with Crippen molar-refractivity contribution in [2.75, 3.05) is 6.61 Å². The van der Waals surface area contributed by atoms with Crippen molar-refractivity contribution >= 4 is 12.1 Å². The highest BCUT2D eigenvalue weighted by atomic mass is 16.5. The molecule has 1 aromatic rings. The average molecular weight is 276 g/mol. The SMILES string of the molecule is CC(=O)C(C)(C)C(CC=O)CCOCc1ccccc1. The van der Waals surface area contributed by atoms with E-state index < -0.39 is 5.41 Å². The number of benzene rings is 1. The van der Waals surface area contributed by atoms with Crippen molar-refractivity contribution in [3.63, 3.8) is 0 Å². The van der Waals surface area contributed by atoms with Crippen LogP contribution in [0.2, 0.25) is 0 Å². The molecule has 3 nitrogen and oxygen atoms in total. The van der Waals surface area contributed by atoms with Gasteiger partial charge >= 0.3 is 0 Å². The van der Waals surface area contributed by atoms with Gasteiger partial charge in [0.25, 0.3) is 0 Å². The highest BCUT2D eigenvalue weighted by Gasteiger charge is 2.33. The van der Waals surface area contributed by atoms with E-state index in [0.717, 1.165) is 18.3 Å². The van der Waals surface area contributed by atoms with Gasteiger partial charge in [0.15, 0.2) is 0 Å². The Morgan fingerprint density at radius 2 is 1.95 bits per heavy atom. The number of carbonyl (C=O) groups is 2. The second kappa shape index (κ2) is 7.95. The van der Waals surface area contributed by atoms with Crippen LogP contribution in [0.15, 0.2) is 30.3 Å². The normalized spacial score (nSPS) is 12.9. The lowest BCUT2D eigenvalue weighted by Crippen LogP contribution is -2.32. The van der Waals surface area contributed by atoms with Crippen LogP contribution in [0.25, 0.3) is 0 Å². The fourth-order valence-electron chi connectivity index (χ4n) is 2.17. The fraction of sp³-hybridized carbons (Fsp3) is 0.529. The summed E-state index contributed by atoms with van der Waals surface area (Å²) in [6.45, 7) is 6.52. The zero-order valence-electron chi connectivity index (χ0n) is 12.6. The molecule has 0 bridgehead atoms. The lowest BCUT2D eigenvalue weighted by Gasteiger charge is -2.30. The van der Waals surface area contributed by atoms with E-state index >= 15 is 0 Å². The van der Waals surface area contributed by atoms with Crippen molar-refractivity contribution in [1.29, 1.82) is 0 Å². The van der Waals surface area contributed by atoms with Crippen LogP contribution in [0.1, 0.15) is 39.2 Å². The first-order valence-electron chi connectivity index (χ1n) is 7.04. The molecule has 1 unspecified atom stereocenters. The van der Waals surface area contributed by atoms with E-state index in [4.69, 9.17) is 4.74 Å². The Balaban J connectivity index is 2.44. The van der Waals surface area contributed by atoms with Crippen LogP contribution in [-0.4, -0.2) is 18.7 Å². The number of hydrogen-bond donors (Lipinski definition) is 0. The second-order valence-corrected chi connectivity index (χ2v) is 5.70. The van der Waals surface area contributed by atoms with Crippen LogP contribution in [0.4, 0.5) is 0 Å². The quantitative estimate of drug-likeness (QED) is 0.513. The number of rotatable bonds is 9. The van der Waals surface area contributed by atoms with Gasteiger partial charge in [-0.3, -0.25) is 4.79 Å². The minimum atomic E-state index is -0.475.